The molecular formula is C29H37NO10S. The quantitative estimate of drug-likeness (QED) is 0.215. The molecule has 0 bridgehead atoms. The fourth-order valence-corrected chi connectivity index (χ4v) is 5.32. The van der Waals surface area contributed by atoms with Crippen LogP contribution >= 0.6 is 0 Å². The Morgan fingerprint density at radius 3 is 2.12 bits per heavy atom. The van der Waals surface area contributed by atoms with Crippen LogP contribution in [0.2, 0.25) is 0 Å². The highest BCUT2D eigenvalue weighted by atomic mass is 32.2. The number of nitrogens with zero attached hydrogens (tertiary/aromatic N) is 1. The first-order valence-electron chi connectivity index (χ1n) is 12.8. The fraction of sp³-hybridized carbons (Fsp3) is 0.379. The number of hydrogen-bond donors (Lipinski definition) is 2. The third kappa shape index (κ3) is 9.83. The standard InChI is InChI=1S/C27H35NO6S.C2H2O4/c1-20(2)27-26(14-18-34-27)35(29,30)23-10-8-22(9-11-23)33-17-6-15-28(3)16-13-21-7-12-24(31-4)25(19-21)32-5;3-1(4)2(5)6/h7-12,14,18-20H,6,13,15-17H2,1-5H3;(H,3,4)(H,5,6). The summed E-state index contributed by atoms with van der Waals surface area (Å²) in [6.07, 6.45) is 3.18. The van der Waals surface area contributed by atoms with Crippen LogP contribution in [0.15, 0.2) is 69.0 Å². The van der Waals surface area contributed by atoms with E-state index in [0.717, 1.165) is 37.4 Å². The molecule has 2 N–H and O–H groups in total. The zero-order chi connectivity index (χ0) is 30.6. The van der Waals surface area contributed by atoms with Crippen LogP contribution in [0.3, 0.4) is 0 Å². The second kappa shape index (κ2) is 15.7. The highest BCUT2D eigenvalue weighted by Crippen LogP contribution is 2.31. The highest BCUT2D eigenvalue weighted by molar-refractivity contribution is 7.91. The van der Waals surface area contributed by atoms with Crippen molar-refractivity contribution in [3.63, 3.8) is 0 Å². The van der Waals surface area contributed by atoms with Crippen LogP contribution in [0.4, 0.5) is 0 Å². The molecule has 0 aliphatic rings. The smallest absolute Gasteiger partial charge is 0.414 e. The Morgan fingerprint density at radius 1 is 0.927 bits per heavy atom. The van der Waals surface area contributed by atoms with Gasteiger partial charge in [0, 0.05) is 19.0 Å². The molecule has 0 aliphatic heterocycles. The van der Waals surface area contributed by atoms with Crippen LogP contribution in [0.5, 0.6) is 17.2 Å². The van der Waals surface area contributed by atoms with Crippen molar-refractivity contribution in [3.05, 3.63) is 66.1 Å². The molecule has 41 heavy (non-hydrogen) atoms. The Morgan fingerprint density at radius 2 is 1.56 bits per heavy atom. The van der Waals surface area contributed by atoms with Gasteiger partial charge in [0.25, 0.3) is 0 Å². The minimum absolute atomic E-state index is 0.0189. The van der Waals surface area contributed by atoms with E-state index in [9.17, 15) is 8.42 Å². The lowest BCUT2D eigenvalue weighted by molar-refractivity contribution is -0.159. The molecule has 1 aromatic heterocycles. The first-order chi connectivity index (χ1) is 19.4. The molecule has 3 aromatic rings. The average Bonchev–Trinajstić information content (AvgIpc) is 3.46. The summed E-state index contributed by atoms with van der Waals surface area (Å²) >= 11 is 0. The molecule has 12 heteroatoms. The molecule has 2 aromatic carbocycles. The topological polar surface area (TPSA) is 153 Å². The van der Waals surface area contributed by atoms with Gasteiger partial charge in [-0.05, 0) is 67.9 Å². The number of carboxylic acids is 2. The lowest BCUT2D eigenvalue weighted by atomic mass is 10.1. The van der Waals surface area contributed by atoms with E-state index in [0.29, 0.717) is 18.1 Å². The van der Waals surface area contributed by atoms with Crippen molar-refractivity contribution >= 4 is 21.8 Å². The van der Waals surface area contributed by atoms with Gasteiger partial charge in [0.2, 0.25) is 9.84 Å². The van der Waals surface area contributed by atoms with Gasteiger partial charge in [0.05, 0.1) is 32.0 Å². The number of sulfone groups is 1. The van der Waals surface area contributed by atoms with E-state index in [1.165, 1.54) is 17.9 Å². The number of likely N-dealkylation sites (N-methyl/N-ethyl adjacent to an activating group) is 1. The minimum atomic E-state index is -3.63. The minimum Gasteiger partial charge on any atom is -0.494 e. The van der Waals surface area contributed by atoms with E-state index in [2.05, 4.69) is 18.0 Å². The van der Waals surface area contributed by atoms with Gasteiger partial charge in [-0.25, -0.2) is 18.0 Å². The second-order valence-electron chi connectivity index (χ2n) is 9.33. The van der Waals surface area contributed by atoms with Crippen LogP contribution in [0, 0.1) is 0 Å². The van der Waals surface area contributed by atoms with Crippen LogP contribution in [-0.4, -0.2) is 76.4 Å². The second-order valence-corrected chi connectivity index (χ2v) is 11.3. The summed E-state index contributed by atoms with van der Waals surface area (Å²) in [7, 11) is 1.73. The number of methoxy groups -OCH3 is 2. The van der Waals surface area contributed by atoms with E-state index in [-0.39, 0.29) is 15.7 Å². The molecule has 11 nitrogen and oxygen atoms in total. The Kier molecular flexibility index (Phi) is 12.7. The number of ether oxygens (including phenoxy) is 3. The van der Waals surface area contributed by atoms with E-state index in [4.69, 9.17) is 38.4 Å². The van der Waals surface area contributed by atoms with Crippen LogP contribution in [0.25, 0.3) is 0 Å². The van der Waals surface area contributed by atoms with Gasteiger partial charge in [0.15, 0.2) is 11.5 Å². The lowest BCUT2D eigenvalue weighted by Gasteiger charge is -2.17. The van der Waals surface area contributed by atoms with Crippen LogP contribution in [0.1, 0.15) is 37.5 Å². The zero-order valence-electron chi connectivity index (χ0n) is 23.8. The molecule has 0 unspecified atom stereocenters. The van der Waals surface area contributed by atoms with Crippen molar-refractivity contribution in [2.45, 2.75) is 42.4 Å². The van der Waals surface area contributed by atoms with Crippen LogP contribution in [-0.2, 0) is 25.8 Å². The molecule has 0 atom stereocenters. The van der Waals surface area contributed by atoms with Gasteiger partial charge in [-0.2, -0.15) is 0 Å². The lowest BCUT2D eigenvalue weighted by Crippen LogP contribution is -2.23. The Bertz CT molecular complexity index is 1370. The maximum absolute atomic E-state index is 13.0. The third-order valence-electron chi connectivity index (χ3n) is 5.97. The predicted molar refractivity (Wildman–Crippen MR) is 151 cm³/mol. The number of carbonyl (C=O) groups is 2. The fourth-order valence-electron chi connectivity index (χ4n) is 3.79. The normalized spacial score (nSPS) is 11.1. The molecule has 0 fully saturated rings. The summed E-state index contributed by atoms with van der Waals surface area (Å²) in [5.74, 6) is -1.08. The Balaban J connectivity index is 0.000000883. The number of rotatable bonds is 13. The zero-order valence-corrected chi connectivity index (χ0v) is 24.6. The number of aliphatic carboxylic acids is 2. The summed E-state index contributed by atoms with van der Waals surface area (Å²) < 4.78 is 47.8. The third-order valence-corrected chi connectivity index (χ3v) is 7.78. The number of hydrogen-bond acceptors (Lipinski definition) is 9. The van der Waals surface area contributed by atoms with Gasteiger partial charge < -0.3 is 33.7 Å². The van der Waals surface area contributed by atoms with E-state index in [1.54, 1.807) is 38.5 Å². The summed E-state index contributed by atoms with van der Waals surface area (Å²) in [4.78, 5) is 20.9. The van der Waals surface area contributed by atoms with Crippen LogP contribution < -0.4 is 14.2 Å². The summed E-state index contributed by atoms with van der Waals surface area (Å²) in [6.45, 7) is 6.16. The molecule has 0 saturated carbocycles. The average molecular weight is 592 g/mol. The van der Waals surface area contributed by atoms with Crippen molar-refractivity contribution in [1.82, 2.24) is 4.90 Å². The molecule has 0 aliphatic carbocycles. The SMILES string of the molecule is COc1ccc(CCN(C)CCCOc2ccc(S(=O)(=O)c3ccoc3C(C)C)cc2)cc1OC.O=C(O)C(=O)O. The molecular weight excluding hydrogens is 554 g/mol. The maximum atomic E-state index is 13.0. The molecule has 224 valence electrons. The van der Waals surface area contributed by atoms with E-state index >= 15 is 0 Å². The Hall–Kier alpha value is -4.03. The molecule has 0 spiro atoms. The van der Waals surface area contributed by atoms with Crippen molar-refractivity contribution in [1.29, 1.82) is 0 Å². The van der Waals surface area contributed by atoms with E-state index < -0.39 is 21.8 Å². The van der Waals surface area contributed by atoms with Crippen molar-refractivity contribution in [2.75, 3.05) is 41.0 Å². The Labute approximate surface area is 240 Å². The van der Waals surface area contributed by atoms with Gasteiger partial charge >= 0.3 is 11.9 Å². The first-order valence-corrected chi connectivity index (χ1v) is 14.3. The molecule has 0 radical (unpaired) electrons. The summed E-state index contributed by atoms with van der Waals surface area (Å²) in [5, 5.41) is 14.8. The number of benzene rings is 2. The number of furan rings is 1. The molecule has 3 rings (SSSR count). The van der Waals surface area contributed by atoms with Gasteiger partial charge in [0.1, 0.15) is 16.4 Å². The van der Waals surface area contributed by atoms with Crippen molar-refractivity contribution in [3.8, 4) is 17.2 Å². The number of carboxylic acid groups (broad SMARTS) is 2. The maximum Gasteiger partial charge on any atom is 0.414 e. The van der Waals surface area contributed by atoms with Gasteiger partial charge in [-0.1, -0.05) is 19.9 Å². The molecule has 1 heterocycles. The van der Waals surface area contributed by atoms with Crippen molar-refractivity contribution < 1.29 is 46.8 Å². The molecule has 0 saturated heterocycles. The monoisotopic (exact) mass is 591 g/mol. The van der Waals surface area contributed by atoms with Gasteiger partial charge in [-0.15, -0.1) is 0 Å². The largest absolute Gasteiger partial charge is 0.494 e. The van der Waals surface area contributed by atoms with E-state index in [1.807, 2.05) is 26.0 Å². The first kappa shape index (κ1) is 33.2. The molecule has 0 amide bonds. The van der Waals surface area contributed by atoms with Crippen molar-refractivity contribution in [2.24, 2.45) is 0 Å². The summed E-state index contributed by atoms with van der Waals surface area (Å²) in [5.41, 5.74) is 1.19. The predicted octanol–water partition coefficient (Wildman–Crippen LogP) is 4.35. The highest BCUT2D eigenvalue weighted by Gasteiger charge is 2.25. The van der Waals surface area contributed by atoms with Gasteiger partial charge in [-0.3, -0.25) is 0 Å². The summed E-state index contributed by atoms with van der Waals surface area (Å²) in [6, 6.07) is 14.1.